The second kappa shape index (κ2) is 18.0. The molecule has 0 aliphatic heterocycles. The predicted octanol–water partition coefficient (Wildman–Crippen LogP) is 11.9. The Bertz CT molecular complexity index is 1300. The van der Waals surface area contributed by atoms with E-state index in [1.807, 2.05) is 12.1 Å². The summed E-state index contributed by atoms with van der Waals surface area (Å²) >= 11 is 0. The van der Waals surface area contributed by atoms with Gasteiger partial charge in [0.15, 0.2) is 0 Å². The number of allylic oxidation sites excluding steroid dienone is 1. The molecule has 5 heteroatoms. The number of phenols is 1. The Hall–Kier alpha value is -2.30. The summed E-state index contributed by atoms with van der Waals surface area (Å²) in [6.45, 7) is 16.0. The van der Waals surface area contributed by atoms with Crippen molar-refractivity contribution in [3.63, 3.8) is 0 Å². The van der Waals surface area contributed by atoms with Crippen LogP contribution in [0.1, 0.15) is 163 Å². The highest BCUT2D eigenvalue weighted by Gasteiger charge is 2.59. The summed E-state index contributed by atoms with van der Waals surface area (Å²) in [7, 11) is 0. The lowest BCUT2D eigenvalue weighted by atomic mass is 9.47. The predicted molar refractivity (Wildman–Crippen MR) is 207 cm³/mol. The number of hydrogen-bond donors (Lipinski definition) is 1. The summed E-state index contributed by atoms with van der Waals surface area (Å²) < 4.78 is 11.9. The molecule has 0 saturated heterocycles. The van der Waals surface area contributed by atoms with Crippen LogP contribution < -0.4 is 4.74 Å². The highest BCUT2D eigenvalue weighted by atomic mass is 16.5. The zero-order chi connectivity index (χ0) is 35.7. The fourth-order valence-corrected chi connectivity index (χ4v) is 11.1. The van der Waals surface area contributed by atoms with Gasteiger partial charge < -0.3 is 14.6 Å². The van der Waals surface area contributed by atoms with Crippen molar-refractivity contribution in [3.05, 3.63) is 35.4 Å². The van der Waals surface area contributed by atoms with E-state index in [9.17, 15) is 9.90 Å². The molecular weight excluding hydrogens is 618 g/mol. The summed E-state index contributed by atoms with van der Waals surface area (Å²) in [6.07, 6.45) is 25.2. The number of carbonyl (C=O) groups excluding carboxylic acids is 1. The number of nitrogens with zero attached hydrogens (tertiary/aromatic N) is 1. The van der Waals surface area contributed by atoms with Crippen molar-refractivity contribution in [1.82, 2.24) is 0 Å². The third kappa shape index (κ3) is 9.37. The molecule has 0 heterocycles. The molecule has 1 N–H and O–H groups in total. The van der Waals surface area contributed by atoms with Crippen LogP contribution in [-0.2, 0) is 9.53 Å². The number of ether oxygens (including phenoxy) is 2. The molecule has 5 rings (SSSR count). The Morgan fingerprint density at radius 3 is 2.60 bits per heavy atom. The summed E-state index contributed by atoms with van der Waals surface area (Å²) in [5.41, 5.74) is 3.10. The number of unbranched alkanes of at least 4 members (excludes halogenated alkanes) is 4. The first-order chi connectivity index (χ1) is 24.0. The maximum absolute atomic E-state index is 12.9. The van der Waals surface area contributed by atoms with Crippen molar-refractivity contribution in [1.29, 1.82) is 0 Å². The topological polar surface area (TPSA) is 68.1 Å². The minimum Gasteiger partial charge on any atom is -0.507 e. The average molecular weight is 690 g/mol. The number of aliphatic imine (C=N–C) groups is 1. The molecule has 4 aliphatic carbocycles. The zero-order valence-electron chi connectivity index (χ0n) is 32.7. The Balaban J connectivity index is 1.03. The molecule has 1 aromatic carbocycles. The van der Waals surface area contributed by atoms with Crippen LogP contribution in [0.25, 0.3) is 0 Å². The number of fused-ring (bicyclic) bond motifs is 5. The fourth-order valence-electron chi connectivity index (χ4n) is 11.1. The van der Waals surface area contributed by atoms with E-state index in [2.05, 4.69) is 52.6 Å². The third-order valence-corrected chi connectivity index (χ3v) is 14.0. The summed E-state index contributed by atoms with van der Waals surface area (Å²) in [6, 6.07) is 5.37. The van der Waals surface area contributed by atoms with E-state index in [1.165, 1.54) is 70.6 Å². The van der Waals surface area contributed by atoms with Gasteiger partial charge in [0.25, 0.3) is 0 Å². The van der Waals surface area contributed by atoms with Crippen molar-refractivity contribution in [2.75, 3.05) is 13.2 Å². The maximum atomic E-state index is 12.9. The third-order valence-electron chi connectivity index (χ3n) is 14.0. The first-order valence-corrected chi connectivity index (χ1v) is 20.9. The van der Waals surface area contributed by atoms with Crippen LogP contribution in [0.3, 0.4) is 0 Å². The zero-order valence-corrected chi connectivity index (χ0v) is 32.7. The minimum atomic E-state index is -0.0724. The molecule has 0 bridgehead atoms. The molecule has 4 aliphatic rings. The van der Waals surface area contributed by atoms with Crippen LogP contribution in [-0.4, -0.2) is 36.5 Å². The average Bonchev–Trinajstić information content (AvgIpc) is 3.44. The molecule has 50 heavy (non-hydrogen) atoms. The van der Waals surface area contributed by atoms with Gasteiger partial charge in [0.2, 0.25) is 0 Å². The van der Waals surface area contributed by atoms with E-state index in [4.69, 9.17) is 9.47 Å². The van der Waals surface area contributed by atoms with E-state index in [1.54, 1.807) is 17.9 Å². The van der Waals surface area contributed by atoms with Gasteiger partial charge >= 0.3 is 5.97 Å². The number of benzene rings is 1. The summed E-state index contributed by atoms with van der Waals surface area (Å²) in [5.74, 6) is 5.82. The van der Waals surface area contributed by atoms with Crippen molar-refractivity contribution in [2.24, 2.45) is 51.3 Å². The van der Waals surface area contributed by atoms with Gasteiger partial charge in [-0.1, -0.05) is 91.7 Å². The molecule has 5 nitrogen and oxygen atoms in total. The molecule has 8 atom stereocenters. The lowest BCUT2D eigenvalue weighted by Gasteiger charge is -2.58. The highest BCUT2D eigenvalue weighted by molar-refractivity contribution is 5.83. The van der Waals surface area contributed by atoms with E-state index in [0.29, 0.717) is 29.8 Å². The first-order valence-electron chi connectivity index (χ1n) is 20.9. The Morgan fingerprint density at radius 1 is 0.980 bits per heavy atom. The largest absolute Gasteiger partial charge is 0.507 e. The Kier molecular flexibility index (Phi) is 14.0. The van der Waals surface area contributed by atoms with E-state index >= 15 is 0 Å². The Morgan fingerprint density at radius 2 is 1.82 bits per heavy atom. The molecule has 0 spiro atoms. The molecule has 0 radical (unpaired) electrons. The number of aromatic hydroxyl groups is 1. The van der Waals surface area contributed by atoms with Crippen molar-refractivity contribution < 1.29 is 19.4 Å². The fraction of sp³-hybridized carbons (Fsp3) is 0.778. The van der Waals surface area contributed by atoms with Crippen molar-refractivity contribution in [3.8, 4) is 11.5 Å². The molecular formula is C45H71NO4. The van der Waals surface area contributed by atoms with Gasteiger partial charge in [-0.15, -0.1) is 0 Å². The standard InChI is InChI=1S/C45H71NO4/c1-7-8-9-11-27-46-31-34-17-19-36(30-42(34)47)49-28-12-10-16-43(48)50-37-23-25-44(5)35(29-37)18-20-38-40-22-21-39(33(4)15-13-14-32(2)3)45(40,6)26-24-41(38)44/h17-19,30-33,37-41,47H,7-16,20-29H2,1-6H3/t33-,37+,38+,39-,40+,41+,44+,45-/m1/s1. The SMILES string of the molecule is CCCCCCN=Cc1ccc(OCCCCC(=O)O[C@H]2CC[C@@]3(C)C(=CC[C@H]4[C@@H]5CC[C@H]([C@H](C)CCCC(C)C)[C@@]5(C)CC[C@@H]43)C2)cc1O. The van der Waals surface area contributed by atoms with Gasteiger partial charge in [0, 0.05) is 37.2 Å². The summed E-state index contributed by atoms with van der Waals surface area (Å²) in [4.78, 5) is 17.3. The van der Waals surface area contributed by atoms with Gasteiger partial charge in [0.1, 0.15) is 17.6 Å². The smallest absolute Gasteiger partial charge is 0.306 e. The second-order valence-electron chi connectivity index (χ2n) is 17.8. The van der Waals surface area contributed by atoms with Crippen molar-refractivity contribution >= 4 is 12.2 Å². The summed E-state index contributed by atoms with van der Waals surface area (Å²) in [5, 5.41) is 10.4. The quantitative estimate of drug-likeness (QED) is 0.0721. The number of phenolic OH excluding ortho intramolecular Hbond substituents is 1. The molecule has 0 unspecified atom stereocenters. The lowest BCUT2D eigenvalue weighted by molar-refractivity contribution is -0.151. The van der Waals surface area contributed by atoms with E-state index in [-0.39, 0.29) is 23.2 Å². The van der Waals surface area contributed by atoms with E-state index < -0.39 is 0 Å². The number of esters is 1. The van der Waals surface area contributed by atoms with Gasteiger partial charge in [-0.3, -0.25) is 9.79 Å². The molecule has 3 saturated carbocycles. The van der Waals surface area contributed by atoms with Gasteiger partial charge in [-0.2, -0.15) is 0 Å². The van der Waals surface area contributed by atoms with Crippen LogP contribution in [0.5, 0.6) is 11.5 Å². The van der Waals surface area contributed by atoms with Crippen molar-refractivity contribution in [2.45, 2.75) is 163 Å². The minimum absolute atomic E-state index is 0.0207. The number of carbonyl (C=O) groups is 1. The van der Waals surface area contributed by atoms with Crippen LogP contribution in [0, 0.1) is 46.3 Å². The lowest BCUT2D eigenvalue weighted by Crippen LogP contribution is -2.51. The first kappa shape index (κ1) is 38.9. The molecule has 0 aromatic heterocycles. The van der Waals surface area contributed by atoms with E-state index in [0.717, 1.165) is 80.6 Å². The highest BCUT2D eigenvalue weighted by Crippen LogP contribution is 2.67. The molecule has 1 aromatic rings. The Labute approximate surface area is 305 Å². The molecule has 0 amide bonds. The number of hydrogen-bond acceptors (Lipinski definition) is 5. The van der Waals surface area contributed by atoms with Gasteiger partial charge in [0.05, 0.1) is 6.61 Å². The second-order valence-corrected chi connectivity index (χ2v) is 17.8. The molecule has 280 valence electrons. The molecule has 3 fully saturated rings. The van der Waals surface area contributed by atoms with Crippen LogP contribution in [0.2, 0.25) is 0 Å². The normalized spacial score (nSPS) is 31.2. The van der Waals surface area contributed by atoms with Crippen LogP contribution in [0.15, 0.2) is 34.8 Å². The van der Waals surface area contributed by atoms with Crippen LogP contribution >= 0.6 is 0 Å². The van der Waals surface area contributed by atoms with Gasteiger partial charge in [-0.05, 0) is 123 Å². The monoisotopic (exact) mass is 690 g/mol. The van der Waals surface area contributed by atoms with Crippen LogP contribution in [0.4, 0.5) is 0 Å². The van der Waals surface area contributed by atoms with Gasteiger partial charge in [-0.25, -0.2) is 0 Å². The number of rotatable bonds is 18. The maximum Gasteiger partial charge on any atom is 0.306 e.